The molecule has 0 aliphatic heterocycles. The number of thiazole rings is 1. The van der Waals surface area contributed by atoms with Crippen LogP contribution in [0.4, 0.5) is 8.78 Å². The SMILES string of the molecule is FC(F)Oc1ccc(-c2csc(-c3cnccc3C3CCCC3)n2)cc1. The van der Waals surface area contributed by atoms with E-state index < -0.39 is 6.61 Å². The van der Waals surface area contributed by atoms with Gasteiger partial charge in [-0.3, -0.25) is 4.98 Å². The van der Waals surface area contributed by atoms with Crippen LogP contribution in [0.25, 0.3) is 21.8 Å². The van der Waals surface area contributed by atoms with E-state index in [0.29, 0.717) is 5.92 Å². The number of benzene rings is 1. The van der Waals surface area contributed by atoms with Gasteiger partial charge in [0.15, 0.2) is 0 Å². The Morgan fingerprint density at radius 1 is 1.08 bits per heavy atom. The van der Waals surface area contributed by atoms with Crippen LogP contribution in [0.3, 0.4) is 0 Å². The molecule has 0 N–H and O–H groups in total. The fourth-order valence-electron chi connectivity index (χ4n) is 3.51. The van der Waals surface area contributed by atoms with Gasteiger partial charge in [0.05, 0.1) is 5.69 Å². The molecule has 0 unspecified atom stereocenters. The van der Waals surface area contributed by atoms with Gasteiger partial charge in [0.25, 0.3) is 0 Å². The Balaban J connectivity index is 1.61. The highest BCUT2D eigenvalue weighted by molar-refractivity contribution is 7.13. The minimum Gasteiger partial charge on any atom is -0.435 e. The van der Waals surface area contributed by atoms with Crippen LogP contribution >= 0.6 is 11.3 Å². The number of alkyl halides is 2. The third kappa shape index (κ3) is 3.60. The summed E-state index contributed by atoms with van der Waals surface area (Å²) in [5, 5.41) is 2.94. The van der Waals surface area contributed by atoms with Crippen molar-refractivity contribution in [1.29, 1.82) is 0 Å². The maximum Gasteiger partial charge on any atom is 0.387 e. The lowest BCUT2D eigenvalue weighted by Gasteiger charge is -2.13. The third-order valence-corrected chi connectivity index (χ3v) is 5.64. The second-order valence-electron chi connectivity index (χ2n) is 6.39. The lowest BCUT2D eigenvalue weighted by Crippen LogP contribution is -2.01. The van der Waals surface area contributed by atoms with Gasteiger partial charge in [-0.25, -0.2) is 4.98 Å². The summed E-state index contributed by atoms with van der Waals surface area (Å²) in [4.78, 5) is 9.06. The van der Waals surface area contributed by atoms with Crippen LogP contribution in [-0.2, 0) is 0 Å². The van der Waals surface area contributed by atoms with Gasteiger partial charge in [-0.15, -0.1) is 11.3 Å². The quantitative estimate of drug-likeness (QED) is 0.540. The molecule has 0 radical (unpaired) electrons. The smallest absolute Gasteiger partial charge is 0.387 e. The zero-order valence-electron chi connectivity index (χ0n) is 14.1. The van der Waals surface area contributed by atoms with E-state index in [0.717, 1.165) is 21.8 Å². The highest BCUT2D eigenvalue weighted by Crippen LogP contribution is 2.40. The summed E-state index contributed by atoms with van der Waals surface area (Å²) in [5.74, 6) is 0.737. The van der Waals surface area contributed by atoms with Crippen molar-refractivity contribution < 1.29 is 13.5 Å². The maximum absolute atomic E-state index is 12.3. The van der Waals surface area contributed by atoms with Gasteiger partial charge in [0, 0.05) is 28.9 Å². The summed E-state index contributed by atoms with van der Waals surface area (Å²) in [7, 11) is 0. The molecule has 0 spiro atoms. The van der Waals surface area contributed by atoms with Gasteiger partial charge in [-0.1, -0.05) is 12.8 Å². The summed E-state index contributed by atoms with van der Waals surface area (Å²) in [6, 6.07) is 8.68. The Bertz CT molecular complexity index is 874. The largest absolute Gasteiger partial charge is 0.435 e. The molecule has 2 aromatic heterocycles. The number of ether oxygens (including phenoxy) is 1. The first-order chi connectivity index (χ1) is 12.7. The van der Waals surface area contributed by atoms with E-state index in [1.807, 2.05) is 17.8 Å². The summed E-state index contributed by atoms with van der Waals surface area (Å²) < 4.78 is 28.9. The molecule has 1 aliphatic rings. The predicted molar refractivity (Wildman–Crippen MR) is 98.6 cm³/mol. The maximum atomic E-state index is 12.3. The van der Waals surface area contributed by atoms with E-state index in [9.17, 15) is 8.78 Å². The summed E-state index contributed by atoms with van der Waals surface area (Å²) in [5.41, 5.74) is 4.14. The fraction of sp³-hybridized carbons (Fsp3) is 0.300. The fourth-order valence-corrected chi connectivity index (χ4v) is 4.37. The van der Waals surface area contributed by atoms with Gasteiger partial charge in [0.2, 0.25) is 0 Å². The number of halogens is 2. The van der Waals surface area contributed by atoms with Crippen molar-refractivity contribution in [3.8, 4) is 27.6 Å². The Labute approximate surface area is 154 Å². The molecular weight excluding hydrogens is 354 g/mol. The van der Waals surface area contributed by atoms with E-state index in [2.05, 4.69) is 15.8 Å². The molecule has 0 saturated heterocycles. The second-order valence-corrected chi connectivity index (χ2v) is 7.24. The van der Waals surface area contributed by atoms with Gasteiger partial charge < -0.3 is 4.74 Å². The van der Waals surface area contributed by atoms with E-state index in [-0.39, 0.29) is 5.75 Å². The first-order valence-electron chi connectivity index (χ1n) is 8.66. The highest BCUT2D eigenvalue weighted by Gasteiger charge is 2.21. The van der Waals surface area contributed by atoms with Crippen LogP contribution in [0.5, 0.6) is 5.75 Å². The van der Waals surface area contributed by atoms with E-state index in [1.165, 1.54) is 43.4 Å². The Kier molecular flexibility index (Phi) is 4.93. The zero-order chi connectivity index (χ0) is 17.9. The molecular formula is C20H18F2N2OS. The Hall–Kier alpha value is -2.34. The molecule has 3 aromatic rings. The minimum atomic E-state index is -2.81. The van der Waals surface area contributed by atoms with Gasteiger partial charge in [-0.05, 0) is 54.7 Å². The number of hydrogen-bond acceptors (Lipinski definition) is 4. The van der Waals surface area contributed by atoms with Crippen molar-refractivity contribution in [2.24, 2.45) is 0 Å². The van der Waals surface area contributed by atoms with Crippen LogP contribution in [0, 0.1) is 0 Å². The zero-order valence-corrected chi connectivity index (χ0v) is 14.9. The first kappa shape index (κ1) is 17.1. The first-order valence-corrected chi connectivity index (χ1v) is 9.54. The lowest BCUT2D eigenvalue weighted by molar-refractivity contribution is -0.0498. The molecule has 0 amide bonds. The Morgan fingerprint density at radius 2 is 1.85 bits per heavy atom. The van der Waals surface area contributed by atoms with Crippen LogP contribution in [0.1, 0.15) is 37.2 Å². The molecule has 134 valence electrons. The van der Waals surface area contributed by atoms with Crippen molar-refractivity contribution in [2.45, 2.75) is 38.2 Å². The van der Waals surface area contributed by atoms with E-state index >= 15 is 0 Å². The van der Waals surface area contributed by atoms with Gasteiger partial charge >= 0.3 is 6.61 Å². The molecule has 1 aliphatic carbocycles. The van der Waals surface area contributed by atoms with Crippen molar-refractivity contribution in [2.75, 3.05) is 0 Å². The Morgan fingerprint density at radius 3 is 2.58 bits per heavy atom. The lowest BCUT2D eigenvalue weighted by atomic mass is 9.95. The van der Waals surface area contributed by atoms with Crippen molar-refractivity contribution in [3.63, 3.8) is 0 Å². The van der Waals surface area contributed by atoms with Crippen LogP contribution < -0.4 is 4.74 Å². The molecule has 3 nitrogen and oxygen atoms in total. The predicted octanol–water partition coefficient (Wildman–Crippen LogP) is 6.13. The third-order valence-electron chi connectivity index (χ3n) is 4.76. The highest BCUT2D eigenvalue weighted by atomic mass is 32.1. The summed E-state index contributed by atoms with van der Waals surface area (Å²) in [6.07, 6.45) is 8.76. The van der Waals surface area contributed by atoms with E-state index in [1.54, 1.807) is 23.5 Å². The monoisotopic (exact) mass is 372 g/mol. The van der Waals surface area contributed by atoms with Crippen LogP contribution in [-0.4, -0.2) is 16.6 Å². The normalized spacial score (nSPS) is 14.9. The molecule has 2 heterocycles. The number of nitrogens with zero attached hydrogens (tertiary/aromatic N) is 2. The molecule has 1 aromatic carbocycles. The van der Waals surface area contributed by atoms with Gasteiger partial charge in [0.1, 0.15) is 10.8 Å². The number of pyridine rings is 1. The van der Waals surface area contributed by atoms with Gasteiger partial charge in [-0.2, -0.15) is 8.78 Å². The second kappa shape index (κ2) is 7.50. The van der Waals surface area contributed by atoms with Crippen LogP contribution in [0.2, 0.25) is 0 Å². The number of aromatic nitrogens is 2. The summed E-state index contributed by atoms with van der Waals surface area (Å²) in [6.45, 7) is -2.81. The van der Waals surface area contributed by atoms with Crippen molar-refractivity contribution >= 4 is 11.3 Å². The molecule has 0 bridgehead atoms. The average molecular weight is 372 g/mol. The van der Waals surface area contributed by atoms with E-state index in [4.69, 9.17) is 4.98 Å². The molecule has 6 heteroatoms. The standard InChI is InChI=1S/C20H18F2N2OS/c21-20(22)25-15-7-5-14(6-8-15)18-12-26-19(24-18)17-11-23-10-9-16(17)13-3-1-2-4-13/h5-13,20H,1-4H2. The molecule has 26 heavy (non-hydrogen) atoms. The van der Waals surface area contributed by atoms with Crippen molar-refractivity contribution in [3.05, 3.63) is 53.7 Å². The van der Waals surface area contributed by atoms with Crippen molar-refractivity contribution in [1.82, 2.24) is 9.97 Å². The molecule has 4 rings (SSSR count). The molecule has 0 atom stereocenters. The molecule has 1 saturated carbocycles. The average Bonchev–Trinajstić information content (AvgIpc) is 3.34. The minimum absolute atomic E-state index is 0.148. The number of rotatable bonds is 5. The summed E-state index contributed by atoms with van der Waals surface area (Å²) >= 11 is 1.58. The van der Waals surface area contributed by atoms with Crippen LogP contribution in [0.15, 0.2) is 48.1 Å². The topological polar surface area (TPSA) is 35.0 Å². The molecule has 1 fully saturated rings. The number of hydrogen-bond donors (Lipinski definition) is 0.